The van der Waals surface area contributed by atoms with Gasteiger partial charge in [0.25, 0.3) is 0 Å². The van der Waals surface area contributed by atoms with Crippen molar-refractivity contribution in [3.8, 4) is 0 Å². The van der Waals surface area contributed by atoms with Crippen LogP contribution in [0.4, 0.5) is 0 Å². The van der Waals surface area contributed by atoms with Gasteiger partial charge in [0, 0.05) is 12.6 Å². The van der Waals surface area contributed by atoms with Crippen LogP contribution < -0.4 is 5.73 Å². The van der Waals surface area contributed by atoms with Gasteiger partial charge < -0.3 is 10.5 Å². The fraction of sp³-hybridized carbons (Fsp3) is 1.00. The van der Waals surface area contributed by atoms with Crippen LogP contribution in [0.25, 0.3) is 0 Å². The van der Waals surface area contributed by atoms with E-state index in [0.29, 0.717) is 12.1 Å². The van der Waals surface area contributed by atoms with Gasteiger partial charge in [-0.25, -0.2) is 0 Å². The molecular weight excluding hydrogens is 198 g/mol. The quantitative estimate of drug-likeness (QED) is 0.798. The highest BCUT2D eigenvalue weighted by Gasteiger charge is 2.24. The van der Waals surface area contributed by atoms with Gasteiger partial charge in [0.05, 0.1) is 6.10 Å². The maximum atomic E-state index is 6.06. The van der Waals surface area contributed by atoms with Gasteiger partial charge in [-0.1, -0.05) is 26.2 Å². The Bertz CT molecular complexity index is 207. The molecule has 4 atom stereocenters. The molecule has 0 radical (unpaired) electrons. The summed E-state index contributed by atoms with van der Waals surface area (Å²) in [6.07, 6.45) is 10.9. The summed E-state index contributed by atoms with van der Waals surface area (Å²) >= 11 is 0. The smallest absolute Gasteiger partial charge is 0.0577 e. The predicted molar refractivity (Wildman–Crippen MR) is 67.3 cm³/mol. The molecule has 0 aromatic heterocycles. The van der Waals surface area contributed by atoms with E-state index in [1.807, 2.05) is 0 Å². The van der Waals surface area contributed by atoms with Gasteiger partial charge in [-0.3, -0.25) is 0 Å². The zero-order chi connectivity index (χ0) is 11.4. The average Bonchev–Trinajstić information content (AvgIpc) is 2.65. The van der Waals surface area contributed by atoms with Gasteiger partial charge in [0.1, 0.15) is 0 Å². The van der Waals surface area contributed by atoms with Crippen molar-refractivity contribution in [3.63, 3.8) is 0 Å². The van der Waals surface area contributed by atoms with Crippen LogP contribution in [0.1, 0.15) is 58.3 Å². The van der Waals surface area contributed by atoms with Crippen LogP contribution in [0.5, 0.6) is 0 Å². The minimum absolute atomic E-state index is 0.453. The first-order chi connectivity index (χ1) is 7.75. The molecule has 2 nitrogen and oxygen atoms in total. The van der Waals surface area contributed by atoms with E-state index in [9.17, 15) is 0 Å². The van der Waals surface area contributed by atoms with E-state index in [1.54, 1.807) is 0 Å². The second kappa shape index (κ2) is 6.02. The van der Waals surface area contributed by atoms with E-state index in [0.717, 1.165) is 18.4 Å². The zero-order valence-electron chi connectivity index (χ0n) is 10.7. The first kappa shape index (κ1) is 12.4. The van der Waals surface area contributed by atoms with Crippen LogP contribution in [0.3, 0.4) is 0 Å². The number of nitrogens with two attached hydrogens (primary N) is 1. The lowest BCUT2D eigenvalue weighted by atomic mass is 9.88. The molecule has 0 saturated heterocycles. The molecule has 2 N–H and O–H groups in total. The van der Waals surface area contributed by atoms with Crippen molar-refractivity contribution in [2.75, 3.05) is 6.61 Å². The second-order valence-electron chi connectivity index (χ2n) is 5.91. The Morgan fingerprint density at radius 1 is 1.12 bits per heavy atom. The van der Waals surface area contributed by atoms with Crippen LogP contribution in [0.15, 0.2) is 0 Å². The molecule has 16 heavy (non-hydrogen) atoms. The molecule has 0 aromatic rings. The summed E-state index contributed by atoms with van der Waals surface area (Å²) in [6, 6.07) is 0.453. The Morgan fingerprint density at radius 3 is 2.62 bits per heavy atom. The molecule has 2 aliphatic carbocycles. The highest BCUT2D eigenvalue weighted by atomic mass is 16.5. The Labute approximate surface area is 99.9 Å². The normalized spacial score (nSPS) is 40.1. The van der Waals surface area contributed by atoms with Crippen LogP contribution in [-0.2, 0) is 4.74 Å². The molecular formula is C14H27NO. The van der Waals surface area contributed by atoms with E-state index in [2.05, 4.69) is 6.92 Å². The molecule has 0 aliphatic heterocycles. The average molecular weight is 225 g/mol. The highest BCUT2D eigenvalue weighted by Crippen LogP contribution is 2.29. The standard InChI is InChI=1S/C14H27NO/c1-11-4-2-6-13(10-11)16-9-8-12-5-3-7-14(12)15/h11-14H,2-10,15H2,1H3. The molecule has 0 bridgehead atoms. The van der Waals surface area contributed by atoms with Gasteiger partial charge >= 0.3 is 0 Å². The zero-order valence-corrected chi connectivity index (χ0v) is 10.7. The predicted octanol–water partition coefficient (Wildman–Crippen LogP) is 3.10. The Hall–Kier alpha value is -0.0800. The molecule has 0 aromatic carbocycles. The van der Waals surface area contributed by atoms with Gasteiger partial charge in [0.15, 0.2) is 0 Å². The summed E-state index contributed by atoms with van der Waals surface area (Å²) in [5.74, 6) is 1.61. The topological polar surface area (TPSA) is 35.2 Å². The molecule has 2 heteroatoms. The highest BCUT2D eigenvalue weighted by molar-refractivity contribution is 4.80. The van der Waals surface area contributed by atoms with Crippen molar-refractivity contribution in [2.45, 2.75) is 70.4 Å². The SMILES string of the molecule is CC1CCCC(OCCC2CCCC2N)C1. The largest absolute Gasteiger partial charge is 0.378 e. The van der Waals surface area contributed by atoms with Crippen LogP contribution in [0, 0.1) is 11.8 Å². The van der Waals surface area contributed by atoms with E-state index in [-0.39, 0.29) is 0 Å². The molecule has 0 spiro atoms. The number of hydrogen-bond donors (Lipinski definition) is 1. The van der Waals surface area contributed by atoms with E-state index >= 15 is 0 Å². The number of rotatable bonds is 4. The summed E-state index contributed by atoms with van der Waals surface area (Å²) in [5, 5.41) is 0. The Balaban J connectivity index is 1.60. The molecule has 4 unspecified atom stereocenters. The Morgan fingerprint density at radius 2 is 1.94 bits per heavy atom. The maximum Gasteiger partial charge on any atom is 0.0577 e. The molecule has 0 amide bonds. The summed E-state index contributed by atoms with van der Waals surface area (Å²) in [4.78, 5) is 0. The third kappa shape index (κ3) is 3.46. The summed E-state index contributed by atoms with van der Waals surface area (Å²) < 4.78 is 6.01. The summed E-state index contributed by atoms with van der Waals surface area (Å²) in [5.41, 5.74) is 6.06. The first-order valence-electron chi connectivity index (χ1n) is 7.13. The van der Waals surface area contributed by atoms with E-state index in [1.165, 1.54) is 51.4 Å². The van der Waals surface area contributed by atoms with Crippen molar-refractivity contribution in [3.05, 3.63) is 0 Å². The van der Waals surface area contributed by atoms with E-state index < -0.39 is 0 Å². The van der Waals surface area contributed by atoms with E-state index in [4.69, 9.17) is 10.5 Å². The van der Waals surface area contributed by atoms with Gasteiger partial charge in [-0.15, -0.1) is 0 Å². The maximum absolute atomic E-state index is 6.06. The summed E-state index contributed by atoms with van der Waals surface area (Å²) in [7, 11) is 0. The lowest BCUT2D eigenvalue weighted by molar-refractivity contribution is 0.00885. The van der Waals surface area contributed by atoms with Crippen molar-refractivity contribution in [1.82, 2.24) is 0 Å². The minimum atomic E-state index is 0.453. The fourth-order valence-electron chi connectivity index (χ4n) is 3.34. The van der Waals surface area contributed by atoms with Gasteiger partial charge in [0.2, 0.25) is 0 Å². The van der Waals surface area contributed by atoms with Crippen molar-refractivity contribution < 1.29 is 4.74 Å². The van der Waals surface area contributed by atoms with Gasteiger partial charge in [-0.2, -0.15) is 0 Å². The minimum Gasteiger partial charge on any atom is -0.378 e. The number of ether oxygens (including phenoxy) is 1. The number of hydrogen-bond acceptors (Lipinski definition) is 2. The van der Waals surface area contributed by atoms with Crippen LogP contribution >= 0.6 is 0 Å². The molecule has 2 rings (SSSR count). The molecule has 2 aliphatic rings. The molecule has 0 heterocycles. The summed E-state index contributed by atoms with van der Waals surface area (Å²) in [6.45, 7) is 3.29. The van der Waals surface area contributed by atoms with Crippen molar-refractivity contribution >= 4 is 0 Å². The van der Waals surface area contributed by atoms with Crippen LogP contribution in [0.2, 0.25) is 0 Å². The third-order valence-electron chi connectivity index (χ3n) is 4.45. The third-order valence-corrected chi connectivity index (χ3v) is 4.45. The molecule has 2 fully saturated rings. The van der Waals surface area contributed by atoms with Crippen LogP contribution in [-0.4, -0.2) is 18.8 Å². The van der Waals surface area contributed by atoms with Crippen molar-refractivity contribution in [2.24, 2.45) is 17.6 Å². The molecule has 2 saturated carbocycles. The Kier molecular flexibility index (Phi) is 4.66. The monoisotopic (exact) mass is 225 g/mol. The lowest BCUT2D eigenvalue weighted by Crippen LogP contribution is -2.27. The first-order valence-corrected chi connectivity index (χ1v) is 7.13. The lowest BCUT2D eigenvalue weighted by Gasteiger charge is -2.27. The van der Waals surface area contributed by atoms with Gasteiger partial charge in [-0.05, 0) is 43.9 Å². The second-order valence-corrected chi connectivity index (χ2v) is 5.91. The fourth-order valence-corrected chi connectivity index (χ4v) is 3.34. The molecule has 94 valence electrons. The van der Waals surface area contributed by atoms with Crippen molar-refractivity contribution in [1.29, 1.82) is 0 Å².